The molecule has 1 fully saturated rings. The van der Waals surface area contributed by atoms with Gasteiger partial charge >= 0.3 is 12.1 Å². The first-order valence-electron chi connectivity index (χ1n) is 9.68. The molecule has 0 aromatic heterocycles. The lowest BCUT2D eigenvalue weighted by Crippen LogP contribution is -2.28. The van der Waals surface area contributed by atoms with Crippen molar-refractivity contribution in [2.45, 2.75) is 13.0 Å². The first-order valence-corrected chi connectivity index (χ1v) is 9.68. The topological polar surface area (TPSA) is 115 Å². The molecule has 1 aliphatic heterocycles. The molecule has 0 radical (unpaired) electrons. The summed E-state index contributed by atoms with van der Waals surface area (Å²) < 4.78 is 16.5. The second kappa shape index (κ2) is 8.35. The van der Waals surface area contributed by atoms with Gasteiger partial charge in [-0.25, -0.2) is 4.79 Å². The van der Waals surface area contributed by atoms with E-state index in [1.165, 1.54) is 11.8 Å². The largest absolute Gasteiger partial charge is 0.490 e. The third-order valence-electron chi connectivity index (χ3n) is 4.85. The van der Waals surface area contributed by atoms with E-state index in [2.05, 4.69) is 0 Å². The Morgan fingerprint density at radius 3 is 2.68 bits per heavy atom. The first-order chi connectivity index (χ1) is 14.9. The molecule has 1 atom stereocenters. The Hall–Kier alpha value is -4.07. The molecule has 8 nitrogen and oxygen atoms in total. The number of hydrogen-bond donors (Lipinski definition) is 2. The Labute approximate surface area is 178 Å². The quantitative estimate of drug-likeness (QED) is 0.274. The van der Waals surface area contributed by atoms with Crippen LogP contribution in [0.3, 0.4) is 0 Å². The number of amidine groups is 1. The van der Waals surface area contributed by atoms with Crippen molar-refractivity contribution in [1.29, 1.82) is 5.41 Å². The Bertz CT molecular complexity index is 1180. The lowest BCUT2D eigenvalue weighted by Gasteiger charge is -2.19. The second-order valence-corrected chi connectivity index (χ2v) is 7.10. The van der Waals surface area contributed by atoms with Gasteiger partial charge in [-0.05, 0) is 35.0 Å². The van der Waals surface area contributed by atoms with Gasteiger partial charge in [0, 0.05) is 6.92 Å². The number of para-hydroxylation sites is 1. The fourth-order valence-corrected chi connectivity index (χ4v) is 3.45. The van der Waals surface area contributed by atoms with Gasteiger partial charge in [-0.15, -0.1) is 0 Å². The molecule has 1 amide bonds. The predicted molar refractivity (Wildman–Crippen MR) is 116 cm³/mol. The fourth-order valence-electron chi connectivity index (χ4n) is 3.45. The number of nitrogen functional groups attached to an aromatic ring is 1. The van der Waals surface area contributed by atoms with Crippen molar-refractivity contribution in [2.24, 2.45) is 5.73 Å². The lowest BCUT2D eigenvalue weighted by atomic mass is 10.1. The number of cyclic esters (lactones) is 1. The molecule has 31 heavy (non-hydrogen) atoms. The summed E-state index contributed by atoms with van der Waals surface area (Å²) in [7, 11) is 0. The van der Waals surface area contributed by atoms with Crippen molar-refractivity contribution >= 4 is 34.4 Å². The van der Waals surface area contributed by atoms with Crippen molar-refractivity contribution in [1.82, 2.24) is 0 Å². The number of nitrogens with one attached hydrogen (secondary N) is 1. The first kappa shape index (κ1) is 20.2. The number of anilines is 1. The second-order valence-electron chi connectivity index (χ2n) is 7.10. The number of rotatable bonds is 6. The number of nitrogens with zero attached hydrogens (tertiary/aromatic N) is 1. The smallest absolute Gasteiger partial charge is 0.415 e. The van der Waals surface area contributed by atoms with E-state index in [4.69, 9.17) is 25.4 Å². The molecule has 1 aliphatic rings. The summed E-state index contributed by atoms with van der Waals surface area (Å²) in [5, 5.41) is 9.89. The summed E-state index contributed by atoms with van der Waals surface area (Å²) in [6, 6.07) is 18.5. The molecule has 158 valence electrons. The predicted octanol–water partition coefficient (Wildman–Crippen LogP) is 3.45. The zero-order valence-corrected chi connectivity index (χ0v) is 16.8. The van der Waals surface area contributed by atoms with Crippen molar-refractivity contribution < 1.29 is 23.8 Å². The maximum absolute atomic E-state index is 12.5. The summed E-state index contributed by atoms with van der Waals surface area (Å²) in [4.78, 5) is 25.4. The fraction of sp³-hybridized carbons (Fsp3) is 0.174. The van der Waals surface area contributed by atoms with Gasteiger partial charge in [0.2, 0.25) is 0 Å². The van der Waals surface area contributed by atoms with Crippen LogP contribution >= 0.6 is 0 Å². The van der Waals surface area contributed by atoms with Crippen LogP contribution in [0.2, 0.25) is 0 Å². The molecule has 3 aromatic carbocycles. The number of hydrogen-bond acceptors (Lipinski definition) is 6. The molecule has 4 rings (SSSR count). The Morgan fingerprint density at radius 1 is 1.16 bits per heavy atom. The number of fused-ring (bicyclic) bond motifs is 1. The van der Waals surface area contributed by atoms with Crippen LogP contribution in [0.25, 0.3) is 10.8 Å². The summed E-state index contributed by atoms with van der Waals surface area (Å²) in [5.74, 6) is -0.136. The summed E-state index contributed by atoms with van der Waals surface area (Å²) >= 11 is 0. The SMILES string of the molecule is CC(=O)Oc1c(C(=N)N)cccc1N1CC(COc2ccc3ccccc3c2)OC1=O. The summed E-state index contributed by atoms with van der Waals surface area (Å²) in [5.41, 5.74) is 6.13. The van der Waals surface area contributed by atoms with Crippen LogP contribution in [0, 0.1) is 5.41 Å². The van der Waals surface area contributed by atoms with Gasteiger partial charge in [0.05, 0.1) is 17.8 Å². The third-order valence-corrected chi connectivity index (χ3v) is 4.85. The summed E-state index contributed by atoms with van der Waals surface area (Å²) in [6.07, 6.45) is -1.12. The van der Waals surface area contributed by atoms with Gasteiger partial charge in [0.1, 0.15) is 18.2 Å². The number of nitrogens with two attached hydrogens (primary N) is 1. The summed E-state index contributed by atoms with van der Waals surface area (Å²) in [6.45, 7) is 1.60. The van der Waals surface area contributed by atoms with E-state index >= 15 is 0 Å². The van der Waals surface area contributed by atoms with Crippen LogP contribution in [0.4, 0.5) is 10.5 Å². The highest BCUT2D eigenvalue weighted by molar-refractivity contribution is 6.02. The normalized spacial score (nSPS) is 15.6. The van der Waals surface area contributed by atoms with E-state index in [0.717, 1.165) is 10.8 Å². The highest BCUT2D eigenvalue weighted by Crippen LogP contribution is 2.35. The van der Waals surface area contributed by atoms with E-state index in [-0.39, 0.29) is 30.3 Å². The van der Waals surface area contributed by atoms with Crippen LogP contribution < -0.4 is 20.1 Å². The highest BCUT2D eigenvalue weighted by Gasteiger charge is 2.35. The molecule has 3 N–H and O–H groups in total. The molecule has 3 aromatic rings. The number of ether oxygens (including phenoxy) is 3. The Kier molecular flexibility index (Phi) is 5.44. The lowest BCUT2D eigenvalue weighted by molar-refractivity contribution is -0.131. The maximum atomic E-state index is 12.5. The van der Waals surface area contributed by atoms with E-state index in [0.29, 0.717) is 11.4 Å². The molecule has 1 heterocycles. The average Bonchev–Trinajstić information content (AvgIpc) is 3.12. The molecular formula is C23H21N3O5. The Morgan fingerprint density at radius 2 is 1.94 bits per heavy atom. The minimum Gasteiger partial charge on any atom is -0.490 e. The van der Waals surface area contributed by atoms with Crippen LogP contribution in [0.5, 0.6) is 11.5 Å². The average molecular weight is 419 g/mol. The molecule has 8 heteroatoms. The highest BCUT2D eigenvalue weighted by atomic mass is 16.6. The molecular weight excluding hydrogens is 398 g/mol. The van der Waals surface area contributed by atoms with Gasteiger partial charge in [-0.1, -0.05) is 36.4 Å². The Balaban J connectivity index is 1.51. The third kappa shape index (κ3) is 4.28. The van der Waals surface area contributed by atoms with Gasteiger partial charge in [0.15, 0.2) is 11.9 Å². The molecule has 1 unspecified atom stereocenters. The maximum Gasteiger partial charge on any atom is 0.415 e. The van der Waals surface area contributed by atoms with Crippen molar-refractivity contribution in [3.05, 3.63) is 66.2 Å². The number of amides is 1. The number of benzene rings is 3. The molecule has 0 bridgehead atoms. The molecule has 0 aliphatic carbocycles. The molecule has 0 saturated carbocycles. The molecule has 0 spiro atoms. The monoisotopic (exact) mass is 419 g/mol. The van der Waals surface area contributed by atoms with Crippen molar-refractivity contribution in [2.75, 3.05) is 18.1 Å². The van der Waals surface area contributed by atoms with Gasteiger partial charge in [-0.3, -0.25) is 15.1 Å². The molecule has 1 saturated heterocycles. The van der Waals surface area contributed by atoms with Crippen LogP contribution in [-0.4, -0.2) is 37.2 Å². The number of carbonyl (C=O) groups excluding carboxylic acids is 2. The van der Waals surface area contributed by atoms with Gasteiger partial charge < -0.3 is 19.9 Å². The standard InChI is InChI=1S/C23H21N3O5/c1-14(27)30-21-19(22(24)25)7-4-8-20(21)26-12-18(31-23(26)28)13-29-17-10-9-15-5-2-3-6-16(15)11-17/h2-11,18H,12-13H2,1H3,(H3,24,25). The van der Waals surface area contributed by atoms with Crippen molar-refractivity contribution in [3.63, 3.8) is 0 Å². The minimum absolute atomic E-state index is 0.0514. The van der Waals surface area contributed by atoms with E-state index in [9.17, 15) is 9.59 Å². The number of carbonyl (C=O) groups is 2. The van der Waals surface area contributed by atoms with Crippen molar-refractivity contribution in [3.8, 4) is 11.5 Å². The van der Waals surface area contributed by atoms with Crippen LogP contribution in [0.1, 0.15) is 12.5 Å². The zero-order chi connectivity index (χ0) is 22.0. The van der Waals surface area contributed by atoms with Crippen LogP contribution in [-0.2, 0) is 9.53 Å². The zero-order valence-electron chi connectivity index (χ0n) is 16.8. The van der Waals surface area contributed by atoms with Gasteiger partial charge in [0.25, 0.3) is 0 Å². The van der Waals surface area contributed by atoms with Gasteiger partial charge in [-0.2, -0.15) is 0 Å². The minimum atomic E-state index is -0.596. The number of esters is 1. The van der Waals surface area contributed by atoms with E-state index < -0.39 is 18.2 Å². The van der Waals surface area contributed by atoms with E-state index in [1.54, 1.807) is 18.2 Å². The van der Waals surface area contributed by atoms with Crippen LogP contribution in [0.15, 0.2) is 60.7 Å². The van der Waals surface area contributed by atoms with E-state index in [1.807, 2.05) is 42.5 Å².